The van der Waals surface area contributed by atoms with E-state index in [1.54, 1.807) is 12.1 Å². The van der Waals surface area contributed by atoms with E-state index in [0.29, 0.717) is 24.6 Å². The fourth-order valence-electron chi connectivity index (χ4n) is 3.44. The van der Waals surface area contributed by atoms with Crippen LogP contribution in [-0.4, -0.2) is 70.4 Å². The van der Waals surface area contributed by atoms with Crippen molar-refractivity contribution in [2.75, 3.05) is 39.3 Å². The van der Waals surface area contributed by atoms with Crippen LogP contribution >= 0.6 is 0 Å². The quantitative estimate of drug-likeness (QED) is 0.788. The molecule has 1 fully saturated rings. The predicted octanol–water partition coefficient (Wildman–Crippen LogP) is 1.58. The Bertz CT molecular complexity index is 779. The van der Waals surface area contributed by atoms with Gasteiger partial charge in [0, 0.05) is 63.1 Å². The number of benzene rings is 1. The Morgan fingerprint density at radius 2 is 1.79 bits per heavy atom. The molecule has 2 amide bonds. The standard InChI is InChI=1S/C21H29N5O2/c1-17(2)20-22-8-9-26(20)15-12-24-10-13-25(14-11-24)19(27)16-23-21(28)18-6-4-3-5-7-18/h3-9,17H,10-16H2,1-2H3,(H,23,28). The van der Waals surface area contributed by atoms with Gasteiger partial charge in [-0.25, -0.2) is 4.98 Å². The van der Waals surface area contributed by atoms with E-state index < -0.39 is 0 Å². The summed E-state index contributed by atoms with van der Waals surface area (Å²) in [5.74, 6) is 1.29. The average molecular weight is 383 g/mol. The van der Waals surface area contributed by atoms with E-state index >= 15 is 0 Å². The lowest BCUT2D eigenvalue weighted by Crippen LogP contribution is -2.51. The summed E-state index contributed by atoms with van der Waals surface area (Å²) in [6, 6.07) is 8.96. The fourth-order valence-corrected chi connectivity index (χ4v) is 3.44. The lowest BCUT2D eigenvalue weighted by molar-refractivity contribution is -0.131. The molecule has 0 bridgehead atoms. The van der Waals surface area contributed by atoms with E-state index in [2.05, 4.69) is 33.6 Å². The molecule has 150 valence electrons. The number of piperazine rings is 1. The van der Waals surface area contributed by atoms with Crippen LogP contribution < -0.4 is 5.32 Å². The zero-order valence-corrected chi connectivity index (χ0v) is 16.7. The van der Waals surface area contributed by atoms with Crippen LogP contribution in [0.3, 0.4) is 0 Å². The number of rotatable bonds is 7. The lowest BCUT2D eigenvalue weighted by Gasteiger charge is -2.35. The van der Waals surface area contributed by atoms with Crippen LogP contribution in [0.15, 0.2) is 42.7 Å². The highest BCUT2D eigenvalue weighted by atomic mass is 16.2. The summed E-state index contributed by atoms with van der Waals surface area (Å²) < 4.78 is 2.21. The highest BCUT2D eigenvalue weighted by molar-refractivity contribution is 5.96. The van der Waals surface area contributed by atoms with Gasteiger partial charge >= 0.3 is 0 Å². The van der Waals surface area contributed by atoms with Crippen LogP contribution in [0, 0.1) is 0 Å². The first-order chi connectivity index (χ1) is 13.5. The first-order valence-corrected chi connectivity index (χ1v) is 9.89. The largest absolute Gasteiger partial charge is 0.343 e. The number of nitrogens with one attached hydrogen (secondary N) is 1. The van der Waals surface area contributed by atoms with Crippen molar-refractivity contribution >= 4 is 11.8 Å². The minimum atomic E-state index is -0.214. The van der Waals surface area contributed by atoms with Crippen LogP contribution in [0.1, 0.15) is 35.9 Å². The first kappa shape index (κ1) is 20.1. The normalized spacial score (nSPS) is 15.0. The molecule has 1 aliphatic heterocycles. The zero-order chi connectivity index (χ0) is 19.9. The summed E-state index contributed by atoms with van der Waals surface area (Å²) >= 11 is 0. The summed E-state index contributed by atoms with van der Waals surface area (Å²) in [5.41, 5.74) is 0.570. The third-order valence-corrected chi connectivity index (χ3v) is 5.08. The number of nitrogens with zero attached hydrogens (tertiary/aromatic N) is 4. The molecular weight excluding hydrogens is 354 g/mol. The molecule has 0 radical (unpaired) electrons. The zero-order valence-electron chi connectivity index (χ0n) is 16.7. The minimum Gasteiger partial charge on any atom is -0.343 e. The molecule has 1 aromatic carbocycles. The Morgan fingerprint density at radius 1 is 1.07 bits per heavy atom. The Hall–Kier alpha value is -2.67. The van der Waals surface area contributed by atoms with E-state index in [-0.39, 0.29) is 18.4 Å². The number of amides is 2. The molecule has 0 aliphatic carbocycles. The van der Waals surface area contributed by atoms with Crippen molar-refractivity contribution in [2.45, 2.75) is 26.3 Å². The van der Waals surface area contributed by atoms with E-state index in [4.69, 9.17) is 0 Å². The van der Waals surface area contributed by atoms with Gasteiger partial charge in [0.25, 0.3) is 5.91 Å². The van der Waals surface area contributed by atoms with Gasteiger partial charge in [-0.3, -0.25) is 14.5 Å². The van der Waals surface area contributed by atoms with Gasteiger partial charge in [-0.2, -0.15) is 0 Å². The molecule has 1 aromatic heterocycles. The highest BCUT2D eigenvalue weighted by Crippen LogP contribution is 2.12. The fraction of sp³-hybridized carbons (Fsp3) is 0.476. The summed E-state index contributed by atoms with van der Waals surface area (Å²) in [6.07, 6.45) is 3.89. The van der Waals surface area contributed by atoms with Gasteiger partial charge in [-0.1, -0.05) is 32.0 Å². The first-order valence-electron chi connectivity index (χ1n) is 9.89. The average Bonchev–Trinajstić information content (AvgIpc) is 3.20. The number of hydrogen-bond acceptors (Lipinski definition) is 4. The van der Waals surface area contributed by atoms with Gasteiger partial charge in [0.15, 0.2) is 0 Å². The third kappa shape index (κ3) is 5.19. The molecule has 1 N–H and O–H groups in total. The summed E-state index contributed by atoms with van der Waals surface area (Å²) in [6.45, 7) is 9.30. The van der Waals surface area contributed by atoms with Crippen LogP contribution in [0.25, 0.3) is 0 Å². The Labute approximate surface area is 166 Å². The summed E-state index contributed by atoms with van der Waals surface area (Å²) in [5, 5.41) is 2.71. The molecule has 2 heterocycles. The van der Waals surface area contributed by atoms with Crippen molar-refractivity contribution in [1.82, 2.24) is 24.7 Å². The summed E-state index contributed by atoms with van der Waals surface area (Å²) in [4.78, 5) is 33.1. The molecule has 7 heteroatoms. The van der Waals surface area contributed by atoms with E-state index in [1.807, 2.05) is 35.5 Å². The topological polar surface area (TPSA) is 70.5 Å². The van der Waals surface area contributed by atoms with Gasteiger partial charge in [0.1, 0.15) is 5.82 Å². The molecule has 28 heavy (non-hydrogen) atoms. The van der Waals surface area contributed by atoms with Gasteiger partial charge in [0.2, 0.25) is 5.91 Å². The van der Waals surface area contributed by atoms with Crippen molar-refractivity contribution < 1.29 is 9.59 Å². The monoisotopic (exact) mass is 383 g/mol. The van der Waals surface area contributed by atoms with Crippen LogP contribution in [0.2, 0.25) is 0 Å². The van der Waals surface area contributed by atoms with Gasteiger partial charge < -0.3 is 14.8 Å². The van der Waals surface area contributed by atoms with Crippen LogP contribution in [0.4, 0.5) is 0 Å². The Kier molecular flexibility index (Phi) is 6.81. The number of imidazole rings is 1. The molecular formula is C21H29N5O2. The molecule has 1 aliphatic rings. The van der Waals surface area contributed by atoms with E-state index in [1.165, 1.54) is 0 Å². The van der Waals surface area contributed by atoms with Crippen LogP contribution in [-0.2, 0) is 11.3 Å². The molecule has 0 spiro atoms. The van der Waals surface area contributed by atoms with Gasteiger partial charge in [-0.15, -0.1) is 0 Å². The predicted molar refractivity (Wildman–Crippen MR) is 108 cm³/mol. The number of carbonyl (C=O) groups excluding carboxylic acids is 2. The Morgan fingerprint density at radius 3 is 2.46 bits per heavy atom. The highest BCUT2D eigenvalue weighted by Gasteiger charge is 2.21. The van der Waals surface area contributed by atoms with Crippen molar-refractivity contribution in [3.63, 3.8) is 0 Å². The lowest BCUT2D eigenvalue weighted by atomic mass is 10.2. The number of carbonyl (C=O) groups is 2. The maximum Gasteiger partial charge on any atom is 0.251 e. The SMILES string of the molecule is CC(C)c1nccn1CCN1CCN(C(=O)CNC(=O)c2ccccc2)CC1. The van der Waals surface area contributed by atoms with Crippen molar-refractivity contribution in [3.8, 4) is 0 Å². The summed E-state index contributed by atoms with van der Waals surface area (Å²) in [7, 11) is 0. The number of hydrogen-bond donors (Lipinski definition) is 1. The van der Waals surface area contributed by atoms with Crippen molar-refractivity contribution in [3.05, 3.63) is 54.1 Å². The van der Waals surface area contributed by atoms with Crippen LogP contribution in [0.5, 0.6) is 0 Å². The Balaban J connectivity index is 1.39. The molecule has 7 nitrogen and oxygen atoms in total. The van der Waals surface area contributed by atoms with Gasteiger partial charge in [0.05, 0.1) is 6.54 Å². The molecule has 0 unspecified atom stereocenters. The van der Waals surface area contributed by atoms with Gasteiger partial charge in [-0.05, 0) is 12.1 Å². The molecule has 0 saturated carbocycles. The minimum absolute atomic E-state index is 0.0272. The third-order valence-electron chi connectivity index (χ3n) is 5.08. The maximum absolute atomic E-state index is 12.4. The molecule has 3 rings (SSSR count). The maximum atomic E-state index is 12.4. The number of aromatic nitrogens is 2. The van der Waals surface area contributed by atoms with Crippen molar-refractivity contribution in [2.24, 2.45) is 0 Å². The van der Waals surface area contributed by atoms with Crippen molar-refractivity contribution in [1.29, 1.82) is 0 Å². The molecule has 1 saturated heterocycles. The van der Waals surface area contributed by atoms with E-state index in [0.717, 1.165) is 32.0 Å². The molecule has 2 aromatic rings. The molecule has 0 atom stereocenters. The smallest absolute Gasteiger partial charge is 0.251 e. The second-order valence-corrected chi connectivity index (χ2v) is 7.40. The second kappa shape index (κ2) is 9.50. The van der Waals surface area contributed by atoms with E-state index in [9.17, 15) is 9.59 Å². The second-order valence-electron chi connectivity index (χ2n) is 7.40.